The summed E-state index contributed by atoms with van der Waals surface area (Å²) in [5.41, 5.74) is 1.34. The maximum absolute atomic E-state index is 12.6. The molecule has 1 saturated carbocycles. The Balaban J connectivity index is 1.67. The largest absolute Gasteiger partial charge is 0.352 e. The van der Waals surface area contributed by atoms with Crippen molar-refractivity contribution >= 4 is 11.8 Å². The van der Waals surface area contributed by atoms with Gasteiger partial charge in [-0.1, -0.05) is 12.8 Å². The third-order valence-electron chi connectivity index (χ3n) is 4.40. The molecule has 0 saturated heterocycles. The van der Waals surface area contributed by atoms with E-state index in [1.54, 1.807) is 11.1 Å². The van der Waals surface area contributed by atoms with Crippen LogP contribution in [0.15, 0.2) is 6.20 Å². The van der Waals surface area contributed by atoms with Crippen LogP contribution in [0.4, 0.5) is 0 Å². The number of carbonyl (C=O) groups excluding carboxylic acids is 2. The first-order chi connectivity index (χ1) is 10.6. The Morgan fingerprint density at radius 1 is 1.36 bits per heavy atom. The highest BCUT2D eigenvalue weighted by atomic mass is 16.2. The fourth-order valence-corrected chi connectivity index (χ4v) is 3.26. The molecule has 1 fully saturated rings. The van der Waals surface area contributed by atoms with E-state index in [9.17, 15) is 9.59 Å². The zero-order valence-electron chi connectivity index (χ0n) is 13.0. The van der Waals surface area contributed by atoms with Crippen LogP contribution in [0.3, 0.4) is 0 Å². The molecule has 0 spiro atoms. The van der Waals surface area contributed by atoms with E-state index in [-0.39, 0.29) is 24.4 Å². The SMILES string of the molecule is Cc1ncc2c(n1)CCCN(CC(=O)NC1CCCC1)C2=O. The van der Waals surface area contributed by atoms with Crippen molar-refractivity contribution in [2.24, 2.45) is 0 Å². The van der Waals surface area contributed by atoms with Gasteiger partial charge in [-0.15, -0.1) is 0 Å². The minimum atomic E-state index is -0.130. The van der Waals surface area contributed by atoms with Crippen LogP contribution < -0.4 is 5.32 Å². The van der Waals surface area contributed by atoms with Crippen LogP contribution in [-0.4, -0.2) is 45.8 Å². The summed E-state index contributed by atoms with van der Waals surface area (Å²) in [6.45, 7) is 2.54. The van der Waals surface area contributed by atoms with Gasteiger partial charge in [-0.25, -0.2) is 9.97 Å². The van der Waals surface area contributed by atoms with Gasteiger partial charge >= 0.3 is 0 Å². The fourth-order valence-electron chi connectivity index (χ4n) is 3.26. The Labute approximate surface area is 130 Å². The number of aromatic nitrogens is 2. The molecule has 3 rings (SSSR count). The molecule has 0 unspecified atom stereocenters. The summed E-state index contributed by atoms with van der Waals surface area (Å²) in [4.78, 5) is 34.8. The monoisotopic (exact) mass is 302 g/mol. The lowest BCUT2D eigenvalue weighted by molar-refractivity contribution is -0.122. The molecule has 0 bridgehead atoms. The van der Waals surface area contributed by atoms with Gasteiger partial charge in [-0.2, -0.15) is 0 Å². The van der Waals surface area contributed by atoms with Crippen LogP contribution in [0.5, 0.6) is 0 Å². The third kappa shape index (κ3) is 3.26. The predicted molar refractivity (Wildman–Crippen MR) is 81.4 cm³/mol. The second-order valence-electron chi connectivity index (χ2n) is 6.16. The summed E-state index contributed by atoms with van der Waals surface area (Å²) in [5.74, 6) is 0.491. The van der Waals surface area contributed by atoms with Crippen molar-refractivity contribution in [1.82, 2.24) is 20.2 Å². The fraction of sp³-hybridized carbons (Fsp3) is 0.625. The van der Waals surface area contributed by atoms with Crippen molar-refractivity contribution < 1.29 is 9.59 Å². The lowest BCUT2D eigenvalue weighted by Crippen LogP contribution is -2.43. The van der Waals surface area contributed by atoms with Crippen molar-refractivity contribution in [2.45, 2.75) is 51.5 Å². The van der Waals surface area contributed by atoms with Crippen LogP contribution in [0, 0.1) is 6.92 Å². The number of fused-ring (bicyclic) bond motifs is 1. The van der Waals surface area contributed by atoms with Gasteiger partial charge in [0.1, 0.15) is 5.82 Å². The van der Waals surface area contributed by atoms with Gasteiger partial charge in [0.2, 0.25) is 5.91 Å². The quantitative estimate of drug-likeness (QED) is 0.911. The molecule has 1 N–H and O–H groups in total. The second kappa shape index (κ2) is 6.42. The molecular formula is C16H22N4O2. The van der Waals surface area contributed by atoms with Crippen molar-refractivity contribution in [3.05, 3.63) is 23.3 Å². The molecule has 1 aliphatic carbocycles. The molecule has 1 aromatic heterocycles. The number of nitrogens with one attached hydrogen (secondary N) is 1. The maximum Gasteiger partial charge on any atom is 0.257 e. The van der Waals surface area contributed by atoms with Crippen LogP contribution in [0.1, 0.15) is 54.0 Å². The smallest absolute Gasteiger partial charge is 0.257 e. The Morgan fingerprint density at radius 3 is 2.91 bits per heavy atom. The summed E-state index contributed by atoms with van der Waals surface area (Å²) in [6, 6.07) is 0.285. The molecule has 22 heavy (non-hydrogen) atoms. The number of carbonyl (C=O) groups is 2. The summed E-state index contributed by atoms with van der Waals surface area (Å²) < 4.78 is 0. The number of aryl methyl sites for hydroxylation is 2. The van der Waals surface area contributed by atoms with E-state index < -0.39 is 0 Å². The molecule has 0 atom stereocenters. The topological polar surface area (TPSA) is 75.2 Å². The van der Waals surface area contributed by atoms with E-state index in [0.29, 0.717) is 17.9 Å². The number of amides is 2. The molecule has 2 heterocycles. The average molecular weight is 302 g/mol. The summed E-state index contributed by atoms with van der Waals surface area (Å²) in [5, 5.41) is 3.04. The minimum Gasteiger partial charge on any atom is -0.352 e. The van der Waals surface area contributed by atoms with Gasteiger partial charge in [-0.05, 0) is 32.6 Å². The highest BCUT2D eigenvalue weighted by molar-refractivity contribution is 5.97. The highest BCUT2D eigenvalue weighted by Crippen LogP contribution is 2.18. The molecule has 6 heteroatoms. The normalized spacial score (nSPS) is 19.0. The van der Waals surface area contributed by atoms with Gasteiger partial charge < -0.3 is 10.2 Å². The van der Waals surface area contributed by atoms with Gasteiger partial charge in [0.25, 0.3) is 5.91 Å². The molecular weight excluding hydrogens is 280 g/mol. The van der Waals surface area contributed by atoms with E-state index >= 15 is 0 Å². The Hall–Kier alpha value is -1.98. The van der Waals surface area contributed by atoms with Crippen molar-refractivity contribution in [3.63, 3.8) is 0 Å². The lowest BCUT2D eigenvalue weighted by Gasteiger charge is -2.21. The van der Waals surface area contributed by atoms with E-state index in [2.05, 4.69) is 15.3 Å². The standard InChI is InChI=1S/C16H22N4O2/c1-11-17-9-13-14(18-11)7-4-8-20(16(13)22)10-15(21)19-12-5-2-3-6-12/h9,12H,2-8,10H2,1H3,(H,19,21). The van der Waals surface area contributed by atoms with Gasteiger partial charge in [-0.3, -0.25) is 9.59 Å². The number of rotatable bonds is 3. The molecule has 6 nitrogen and oxygen atoms in total. The average Bonchev–Trinajstić information content (AvgIpc) is 2.93. The molecule has 0 aromatic carbocycles. The van der Waals surface area contributed by atoms with E-state index in [1.807, 2.05) is 6.92 Å². The number of hydrogen-bond acceptors (Lipinski definition) is 4. The molecule has 118 valence electrons. The number of hydrogen-bond donors (Lipinski definition) is 1. The zero-order chi connectivity index (χ0) is 15.5. The van der Waals surface area contributed by atoms with Gasteiger partial charge in [0.15, 0.2) is 0 Å². The molecule has 1 aliphatic heterocycles. The summed E-state index contributed by atoms with van der Waals surface area (Å²) >= 11 is 0. The lowest BCUT2D eigenvalue weighted by atomic mass is 10.1. The van der Waals surface area contributed by atoms with Crippen LogP contribution in [0.25, 0.3) is 0 Å². The Kier molecular flexibility index (Phi) is 4.36. The molecule has 2 amide bonds. The van der Waals surface area contributed by atoms with E-state index in [4.69, 9.17) is 0 Å². The first-order valence-corrected chi connectivity index (χ1v) is 8.04. The summed E-state index contributed by atoms with van der Waals surface area (Å²) in [7, 11) is 0. The predicted octanol–water partition coefficient (Wildman–Crippen LogP) is 1.23. The van der Waals surface area contributed by atoms with Crippen LogP contribution >= 0.6 is 0 Å². The number of nitrogens with zero attached hydrogens (tertiary/aromatic N) is 3. The van der Waals surface area contributed by atoms with Gasteiger partial charge in [0.05, 0.1) is 17.8 Å². The first kappa shape index (κ1) is 14.9. The minimum absolute atomic E-state index is 0.0586. The van der Waals surface area contributed by atoms with Crippen molar-refractivity contribution in [1.29, 1.82) is 0 Å². The van der Waals surface area contributed by atoms with Crippen molar-refractivity contribution in [3.8, 4) is 0 Å². The Bertz CT molecular complexity index is 582. The Morgan fingerprint density at radius 2 is 2.14 bits per heavy atom. The summed E-state index contributed by atoms with van der Waals surface area (Å²) in [6.07, 6.45) is 7.63. The second-order valence-corrected chi connectivity index (χ2v) is 6.16. The first-order valence-electron chi connectivity index (χ1n) is 8.04. The molecule has 2 aliphatic rings. The van der Waals surface area contributed by atoms with Crippen LogP contribution in [-0.2, 0) is 11.2 Å². The maximum atomic E-state index is 12.6. The van der Waals surface area contributed by atoms with E-state index in [1.165, 1.54) is 12.8 Å². The van der Waals surface area contributed by atoms with Gasteiger partial charge in [0, 0.05) is 18.8 Å². The van der Waals surface area contributed by atoms with E-state index in [0.717, 1.165) is 31.4 Å². The molecule has 0 radical (unpaired) electrons. The van der Waals surface area contributed by atoms with Crippen LogP contribution in [0.2, 0.25) is 0 Å². The highest BCUT2D eigenvalue weighted by Gasteiger charge is 2.26. The van der Waals surface area contributed by atoms with Crippen molar-refractivity contribution in [2.75, 3.05) is 13.1 Å². The molecule has 1 aromatic rings. The third-order valence-corrected chi connectivity index (χ3v) is 4.40. The zero-order valence-corrected chi connectivity index (χ0v) is 13.0.